The minimum absolute atomic E-state index is 0.000123. The number of nitrogens with zero attached hydrogens (tertiary/aromatic N) is 2. The number of nitro benzene ring substituents is 1. The second-order valence-electron chi connectivity index (χ2n) is 9.00. The van der Waals surface area contributed by atoms with Crippen molar-refractivity contribution in [3.05, 3.63) is 98.0 Å². The van der Waals surface area contributed by atoms with Crippen LogP contribution in [0.5, 0.6) is 11.5 Å². The first kappa shape index (κ1) is 30.7. The van der Waals surface area contributed by atoms with E-state index < -0.39 is 23.5 Å². The number of halogens is 2. The second kappa shape index (κ2) is 15.1. The van der Waals surface area contributed by atoms with Crippen molar-refractivity contribution in [2.24, 2.45) is 0 Å². The highest BCUT2D eigenvalue weighted by molar-refractivity contribution is 6.42. The molecule has 2 amide bonds. The fraction of sp³-hybridized carbons (Fsp3) is 0.310. The van der Waals surface area contributed by atoms with Gasteiger partial charge in [-0.3, -0.25) is 19.7 Å². The van der Waals surface area contributed by atoms with Crippen LogP contribution < -0.4 is 14.8 Å². The van der Waals surface area contributed by atoms with Gasteiger partial charge in [-0.15, -0.1) is 0 Å². The van der Waals surface area contributed by atoms with Gasteiger partial charge in [0.15, 0.2) is 6.61 Å². The largest absolute Gasteiger partial charge is 0.490 e. The summed E-state index contributed by atoms with van der Waals surface area (Å²) in [5, 5.41) is 14.9. The molecule has 1 N–H and O–H groups in total. The van der Waals surface area contributed by atoms with Gasteiger partial charge in [0.2, 0.25) is 11.7 Å². The van der Waals surface area contributed by atoms with Gasteiger partial charge in [0.1, 0.15) is 11.8 Å². The SMILES string of the molecule is CCCCNC(=O)[C@H](Cc1ccccc1)N(Cc1ccc(Cl)c(Cl)c1)C(=O)COc1ccc([N+](=O)[O-])c(OC)c1. The zero-order valence-electron chi connectivity index (χ0n) is 22.3. The third-order valence-corrected chi connectivity index (χ3v) is 6.89. The lowest BCUT2D eigenvalue weighted by atomic mass is 10.0. The fourth-order valence-electron chi connectivity index (χ4n) is 4.02. The number of carbonyl (C=O) groups excluding carboxylic acids is 2. The van der Waals surface area contributed by atoms with Crippen molar-refractivity contribution in [2.75, 3.05) is 20.3 Å². The van der Waals surface area contributed by atoms with Gasteiger partial charge in [0.05, 0.1) is 22.1 Å². The Morgan fingerprint density at radius 3 is 2.42 bits per heavy atom. The summed E-state index contributed by atoms with van der Waals surface area (Å²) in [6, 6.07) is 17.6. The minimum Gasteiger partial charge on any atom is -0.490 e. The van der Waals surface area contributed by atoms with Crippen LogP contribution in [0.2, 0.25) is 10.0 Å². The number of amides is 2. The molecule has 11 heteroatoms. The highest BCUT2D eigenvalue weighted by Crippen LogP contribution is 2.31. The molecule has 0 heterocycles. The summed E-state index contributed by atoms with van der Waals surface area (Å²) in [6.45, 7) is 2.16. The van der Waals surface area contributed by atoms with Gasteiger partial charge >= 0.3 is 5.69 Å². The van der Waals surface area contributed by atoms with Gasteiger partial charge in [-0.1, -0.05) is 72.9 Å². The number of hydrogen-bond acceptors (Lipinski definition) is 6. The highest BCUT2D eigenvalue weighted by Gasteiger charge is 2.31. The number of carbonyl (C=O) groups is 2. The molecular weight excluding hydrogens is 557 g/mol. The fourth-order valence-corrected chi connectivity index (χ4v) is 4.34. The number of nitro groups is 1. The maximum atomic E-state index is 13.7. The van der Waals surface area contributed by atoms with E-state index in [9.17, 15) is 19.7 Å². The number of benzene rings is 3. The Balaban J connectivity index is 1.92. The van der Waals surface area contributed by atoms with Gasteiger partial charge in [0, 0.05) is 31.6 Å². The van der Waals surface area contributed by atoms with Crippen LogP contribution in [0.25, 0.3) is 0 Å². The predicted octanol–water partition coefficient (Wildman–Crippen LogP) is 5.85. The molecule has 0 saturated carbocycles. The lowest BCUT2D eigenvalue weighted by molar-refractivity contribution is -0.385. The van der Waals surface area contributed by atoms with Gasteiger partial charge in [0.25, 0.3) is 5.91 Å². The molecule has 40 heavy (non-hydrogen) atoms. The van der Waals surface area contributed by atoms with Gasteiger partial charge in [-0.25, -0.2) is 0 Å². The van der Waals surface area contributed by atoms with E-state index in [0.29, 0.717) is 22.2 Å². The third-order valence-electron chi connectivity index (χ3n) is 6.15. The quantitative estimate of drug-likeness (QED) is 0.144. The van der Waals surface area contributed by atoms with Crippen molar-refractivity contribution >= 4 is 40.7 Å². The monoisotopic (exact) mass is 587 g/mol. The van der Waals surface area contributed by atoms with Crippen LogP contribution in [-0.4, -0.2) is 47.9 Å². The first-order chi connectivity index (χ1) is 19.2. The average molecular weight is 588 g/mol. The number of nitrogens with one attached hydrogen (secondary N) is 1. The Kier molecular flexibility index (Phi) is 11.6. The summed E-state index contributed by atoms with van der Waals surface area (Å²) in [5.74, 6) is -0.546. The molecule has 0 spiro atoms. The molecule has 9 nitrogen and oxygen atoms in total. The zero-order valence-corrected chi connectivity index (χ0v) is 23.8. The maximum Gasteiger partial charge on any atom is 0.311 e. The van der Waals surface area contributed by atoms with Crippen LogP contribution in [0, 0.1) is 10.1 Å². The summed E-state index contributed by atoms with van der Waals surface area (Å²) in [6.07, 6.45) is 1.98. The summed E-state index contributed by atoms with van der Waals surface area (Å²) in [7, 11) is 1.31. The smallest absolute Gasteiger partial charge is 0.311 e. The van der Waals surface area contributed by atoms with E-state index in [-0.39, 0.29) is 36.1 Å². The van der Waals surface area contributed by atoms with Gasteiger partial charge in [-0.2, -0.15) is 0 Å². The van der Waals surface area contributed by atoms with Crippen LogP contribution in [0.1, 0.15) is 30.9 Å². The molecule has 0 unspecified atom stereocenters. The molecule has 1 atom stereocenters. The molecule has 0 fully saturated rings. The number of rotatable bonds is 14. The number of ether oxygens (including phenoxy) is 2. The minimum atomic E-state index is -0.851. The molecule has 0 saturated heterocycles. The molecule has 0 aliphatic heterocycles. The molecule has 3 aromatic rings. The van der Waals surface area contributed by atoms with Crippen LogP contribution in [-0.2, 0) is 22.6 Å². The Morgan fingerprint density at radius 2 is 1.77 bits per heavy atom. The zero-order chi connectivity index (χ0) is 29.1. The topological polar surface area (TPSA) is 111 Å². The summed E-state index contributed by atoms with van der Waals surface area (Å²) >= 11 is 12.3. The Morgan fingerprint density at radius 1 is 1.02 bits per heavy atom. The number of hydrogen-bond donors (Lipinski definition) is 1. The van der Waals surface area contributed by atoms with E-state index in [1.165, 1.54) is 30.2 Å². The molecule has 3 rings (SSSR count). The van der Waals surface area contributed by atoms with Crippen LogP contribution in [0.4, 0.5) is 5.69 Å². The number of unbranched alkanes of at least 4 members (excludes halogenated alkanes) is 1. The van der Waals surface area contributed by atoms with E-state index in [1.807, 2.05) is 37.3 Å². The Labute approximate surface area is 243 Å². The van der Waals surface area contributed by atoms with E-state index in [2.05, 4.69) is 5.32 Å². The molecule has 0 aliphatic rings. The normalized spacial score (nSPS) is 11.4. The summed E-state index contributed by atoms with van der Waals surface area (Å²) in [4.78, 5) is 39.3. The first-order valence-corrected chi connectivity index (χ1v) is 13.5. The molecule has 0 aromatic heterocycles. The van der Waals surface area contributed by atoms with E-state index >= 15 is 0 Å². The average Bonchev–Trinajstić information content (AvgIpc) is 2.95. The number of methoxy groups -OCH3 is 1. The summed E-state index contributed by atoms with van der Waals surface area (Å²) in [5.41, 5.74) is 1.33. The molecule has 0 bridgehead atoms. The lowest BCUT2D eigenvalue weighted by Crippen LogP contribution is -2.51. The van der Waals surface area contributed by atoms with Crippen molar-refractivity contribution in [3.63, 3.8) is 0 Å². The second-order valence-corrected chi connectivity index (χ2v) is 9.81. The first-order valence-electron chi connectivity index (χ1n) is 12.7. The van der Waals surface area contributed by atoms with Crippen molar-refractivity contribution in [1.82, 2.24) is 10.2 Å². The van der Waals surface area contributed by atoms with Crippen LogP contribution in [0.15, 0.2) is 66.7 Å². The van der Waals surface area contributed by atoms with Gasteiger partial charge < -0.3 is 19.7 Å². The van der Waals surface area contributed by atoms with E-state index in [4.69, 9.17) is 32.7 Å². The third kappa shape index (κ3) is 8.59. The predicted molar refractivity (Wildman–Crippen MR) is 154 cm³/mol. The van der Waals surface area contributed by atoms with E-state index in [0.717, 1.165) is 18.4 Å². The van der Waals surface area contributed by atoms with Crippen molar-refractivity contribution in [1.29, 1.82) is 0 Å². The van der Waals surface area contributed by atoms with Crippen LogP contribution >= 0.6 is 23.2 Å². The van der Waals surface area contributed by atoms with E-state index in [1.54, 1.807) is 18.2 Å². The van der Waals surface area contributed by atoms with Crippen molar-refractivity contribution in [3.8, 4) is 11.5 Å². The Hall–Kier alpha value is -3.82. The summed E-state index contributed by atoms with van der Waals surface area (Å²) < 4.78 is 10.8. The van der Waals surface area contributed by atoms with Crippen LogP contribution in [0.3, 0.4) is 0 Å². The van der Waals surface area contributed by atoms with Crippen molar-refractivity contribution < 1.29 is 24.0 Å². The molecule has 3 aromatic carbocycles. The molecule has 0 radical (unpaired) electrons. The maximum absolute atomic E-state index is 13.7. The highest BCUT2D eigenvalue weighted by atomic mass is 35.5. The van der Waals surface area contributed by atoms with Crippen molar-refractivity contribution in [2.45, 2.75) is 38.8 Å². The van der Waals surface area contributed by atoms with Gasteiger partial charge in [-0.05, 0) is 35.7 Å². The standard InChI is InChI=1S/C29H31Cl2N3O6/c1-3-4-14-32-29(36)26(16-20-8-6-5-7-9-20)33(18-21-10-12-23(30)24(31)15-21)28(35)19-40-22-11-13-25(34(37)38)27(17-22)39-2/h5-13,15,17,26H,3-4,14,16,18-19H2,1-2H3,(H,32,36)/t26-/m0/s1. The molecular formula is C29H31Cl2N3O6. The Bertz CT molecular complexity index is 1320. The molecule has 0 aliphatic carbocycles. The lowest BCUT2D eigenvalue weighted by Gasteiger charge is -2.31. The molecule has 212 valence electrons.